The van der Waals surface area contributed by atoms with Crippen LogP contribution < -0.4 is 10.5 Å². The lowest BCUT2D eigenvalue weighted by Gasteiger charge is -2.31. The van der Waals surface area contributed by atoms with Gasteiger partial charge in [-0.2, -0.15) is 5.26 Å². The first-order valence-corrected chi connectivity index (χ1v) is 10.9. The Hall–Kier alpha value is -2.50. The molecule has 1 aliphatic carbocycles. The third kappa shape index (κ3) is 4.05. The first kappa shape index (κ1) is 20.8. The molecule has 7 heteroatoms. The van der Waals surface area contributed by atoms with E-state index in [1.54, 1.807) is 12.1 Å². The second kappa shape index (κ2) is 8.70. The van der Waals surface area contributed by atoms with Crippen molar-refractivity contribution in [2.75, 3.05) is 0 Å². The lowest BCUT2D eigenvalue weighted by molar-refractivity contribution is -0.116. The van der Waals surface area contributed by atoms with Crippen molar-refractivity contribution >= 4 is 40.0 Å². The molecule has 0 unspecified atom stereocenters. The van der Waals surface area contributed by atoms with E-state index in [2.05, 4.69) is 28.7 Å². The molecule has 0 bridgehead atoms. The number of rotatable bonds is 4. The summed E-state index contributed by atoms with van der Waals surface area (Å²) in [4.78, 5) is 12.6. The van der Waals surface area contributed by atoms with Gasteiger partial charge >= 0.3 is 0 Å². The number of carbonyl (C=O) groups is 1. The topological polar surface area (TPSA) is 85.3 Å². The van der Waals surface area contributed by atoms with Crippen molar-refractivity contribution in [1.29, 1.82) is 5.26 Å². The summed E-state index contributed by atoms with van der Waals surface area (Å²) in [6, 6.07) is 15.5. The van der Waals surface area contributed by atoms with Crippen molar-refractivity contribution in [2.24, 2.45) is 5.73 Å². The highest BCUT2D eigenvalue weighted by molar-refractivity contribution is 14.1. The number of hydrogen-bond donors (Lipinski definition) is 1. The number of halogens is 2. The molecule has 2 aliphatic rings. The molecule has 0 amide bonds. The lowest BCUT2D eigenvalue weighted by atomic mass is 9.77. The summed E-state index contributed by atoms with van der Waals surface area (Å²) < 4.78 is 12.6. The fourth-order valence-electron chi connectivity index (χ4n) is 3.75. The molecular weight excluding hydrogens is 515 g/mol. The maximum atomic E-state index is 12.6. The van der Waals surface area contributed by atoms with Gasteiger partial charge in [0.25, 0.3) is 0 Å². The monoisotopic (exact) mass is 532 g/mol. The number of hydrogen-bond acceptors (Lipinski definition) is 5. The van der Waals surface area contributed by atoms with Crippen molar-refractivity contribution in [3.8, 4) is 11.8 Å². The number of nitrogens with zero attached hydrogens (tertiary/aromatic N) is 1. The van der Waals surface area contributed by atoms with E-state index in [1.165, 1.54) is 0 Å². The Morgan fingerprint density at radius 1 is 1.23 bits per heavy atom. The van der Waals surface area contributed by atoms with Crippen molar-refractivity contribution in [3.05, 3.63) is 85.0 Å². The van der Waals surface area contributed by atoms with Gasteiger partial charge in [0.15, 0.2) is 5.78 Å². The predicted molar refractivity (Wildman–Crippen MR) is 121 cm³/mol. The molecule has 0 radical (unpaired) electrons. The number of ketones is 1. The summed E-state index contributed by atoms with van der Waals surface area (Å²) in [6.45, 7) is 0.386. The maximum absolute atomic E-state index is 12.6. The van der Waals surface area contributed by atoms with Gasteiger partial charge in [-0.25, -0.2) is 0 Å². The Balaban J connectivity index is 1.64. The number of benzene rings is 2. The number of carbonyl (C=O) groups excluding carboxylic acids is 1. The normalized spacial score (nSPS) is 18.6. The van der Waals surface area contributed by atoms with Gasteiger partial charge in [-0.05, 0) is 64.4 Å². The third-order valence-corrected chi connectivity index (χ3v) is 6.22. The fraction of sp³-hybridized carbons (Fsp3) is 0.217. The van der Waals surface area contributed by atoms with E-state index in [0.717, 1.165) is 9.13 Å². The molecule has 1 aliphatic heterocycles. The van der Waals surface area contributed by atoms with Crippen LogP contribution in [0, 0.1) is 14.9 Å². The third-order valence-electron chi connectivity index (χ3n) is 5.20. The van der Waals surface area contributed by atoms with Crippen molar-refractivity contribution in [1.82, 2.24) is 0 Å². The van der Waals surface area contributed by atoms with Crippen LogP contribution in [-0.2, 0) is 16.1 Å². The lowest BCUT2D eigenvalue weighted by Crippen LogP contribution is -2.27. The first-order valence-electron chi connectivity index (χ1n) is 9.48. The molecule has 1 atom stereocenters. The van der Waals surface area contributed by atoms with Gasteiger partial charge in [0.1, 0.15) is 29.8 Å². The summed E-state index contributed by atoms with van der Waals surface area (Å²) in [7, 11) is 0. The van der Waals surface area contributed by atoms with Crippen LogP contribution in [0.2, 0.25) is 5.02 Å². The number of nitrogens with two attached hydrogens (primary N) is 1. The Labute approximate surface area is 193 Å². The maximum Gasteiger partial charge on any atom is 0.205 e. The van der Waals surface area contributed by atoms with Crippen LogP contribution in [-0.4, -0.2) is 5.78 Å². The Morgan fingerprint density at radius 3 is 2.70 bits per heavy atom. The predicted octanol–water partition coefficient (Wildman–Crippen LogP) is 5.34. The van der Waals surface area contributed by atoms with E-state index < -0.39 is 5.92 Å². The smallest absolute Gasteiger partial charge is 0.205 e. The molecule has 2 aromatic rings. The second-order valence-electron chi connectivity index (χ2n) is 7.14. The zero-order valence-electron chi connectivity index (χ0n) is 16.0. The number of nitriles is 1. The van der Waals surface area contributed by atoms with E-state index in [4.69, 9.17) is 26.8 Å². The van der Waals surface area contributed by atoms with Crippen LogP contribution >= 0.6 is 34.2 Å². The molecule has 5 nitrogen and oxygen atoms in total. The van der Waals surface area contributed by atoms with Gasteiger partial charge in [0.05, 0.1) is 10.9 Å². The average Bonchev–Trinajstić information content (AvgIpc) is 2.73. The minimum absolute atomic E-state index is 0.0170. The Morgan fingerprint density at radius 2 is 2.00 bits per heavy atom. The van der Waals surface area contributed by atoms with Crippen LogP contribution in [0.15, 0.2) is 65.3 Å². The van der Waals surface area contributed by atoms with Gasteiger partial charge in [0.2, 0.25) is 5.88 Å². The largest absolute Gasteiger partial charge is 0.487 e. The van der Waals surface area contributed by atoms with Crippen molar-refractivity contribution in [3.63, 3.8) is 0 Å². The average molecular weight is 533 g/mol. The summed E-state index contributed by atoms with van der Waals surface area (Å²) in [5, 5.41) is 10.1. The minimum atomic E-state index is -0.575. The highest BCUT2D eigenvalue weighted by Gasteiger charge is 2.38. The van der Waals surface area contributed by atoms with Crippen LogP contribution in [0.5, 0.6) is 5.75 Å². The van der Waals surface area contributed by atoms with Gasteiger partial charge in [-0.15, -0.1) is 0 Å². The van der Waals surface area contributed by atoms with Crippen molar-refractivity contribution in [2.45, 2.75) is 31.8 Å². The zero-order valence-corrected chi connectivity index (χ0v) is 18.9. The van der Waals surface area contributed by atoms with E-state index in [0.29, 0.717) is 53.5 Å². The molecule has 0 saturated heterocycles. The summed E-state index contributed by atoms with van der Waals surface area (Å²) in [6.07, 6.45) is 1.77. The van der Waals surface area contributed by atoms with E-state index in [1.807, 2.05) is 30.3 Å². The molecule has 0 fully saturated rings. The standard InChI is InChI=1S/C23H18ClIN2O3/c24-17-10-14(6-9-19(17)29-12-13-4-7-15(25)8-5-13)21-16(11-26)23(27)30-20-3-1-2-18(28)22(20)21/h4-10,21H,1-3,12,27H2/t21-/m0/s1. The van der Waals surface area contributed by atoms with E-state index >= 15 is 0 Å². The minimum Gasteiger partial charge on any atom is -0.487 e. The molecule has 1 heterocycles. The van der Waals surface area contributed by atoms with Gasteiger partial charge in [-0.1, -0.05) is 29.8 Å². The quantitative estimate of drug-likeness (QED) is 0.538. The van der Waals surface area contributed by atoms with Crippen LogP contribution in [0.1, 0.15) is 36.3 Å². The molecule has 0 saturated carbocycles. The van der Waals surface area contributed by atoms with Crippen molar-refractivity contribution < 1.29 is 14.3 Å². The molecule has 0 spiro atoms. The Kier molecular flexibility index (Phi) is 6.02. The Bertz CT molecular complexity index is 1120. The van der Waals surface area contributed by atoms with E-state index in [-0.39, 0.29) is 17.2 Å². The van der Waals surface area contributed by atoms with Gasteiger partial charge < -0.3 is 15.2 Å². The number of Topliss-reactive ketones (excluding diaryl/α,β-unsaturated/α-hetero) is 1. The molecule has 152 valence electrons. The second-order valence-corrected chi connectivity index (χ2v) is 8.80. The van der Waals surface area contributed by atoms with Gasteiger partial charge in [0, 0.05) is 22.0 Å². The van der Waals surface area contributed by atoms with Crippen LogP contribution in [0.3, 0.4) is 0 Å². The SMILES string of the molecule is N#CC1=C(N)OC2=C(C(=O)CCC2)[C@H]1c1ccc(OCc2ccc(I)cc2)c(Cl)c1. The molecule has 30 heavy (non-hydrogen) atoms. The van der Waals surface area contributed by atoms with E-state index in [9.17, 15) is 10.1 Å². The van der Waals surface area contributed by atoms with Crippen LogP contribution in [0.25, 0.3) is 0 Å². The zero-order chi connectivity index (χ0) is 21.3. The molecule has 2 N–H and O–H groups in total. The number of allylic oxidation sites excluding steroid dienone is 3. The summed E-state index contributed by atoms with van der Waals surface area (Å²) in [5.41, 5.74) is 8.48. The highest BCUT2D eigenvalue weighted by atomic mass is 127. The van der Waals surface area contributed by atoms with Crippen LogP contribution in [0.4, 0.5) is 0 Å². The highest BCUT2D eigenvalue weighted by Crippen LogP contribution is 2.44. The molecule has 0 aromatic heterocycles. The molecule has 2 aromatic carbocycles. The molecular formula is C23H18ClIN2O3. The first-order chi connectivity index (χ1) is 14.5. The molecule has 4 rings (SSSR count). The number of ether oxygens (including phenoxy) is 2. The summed E-state index contributed by atoms with van der Waals surface area (Å²) >= 11 is 8.74. The van der Waals surface area contributed by atoms with Gasteiger partial charge in [-0.3, -0.25) is 4.79 Å². The fourth-order valence-corrected chi connectivity index (χ4v) is 4.35. The summed E-state index contributed by atoms with van der Waals surface area (Å²) in [5.74, 6) is 0.547.